The molecule has 0 fully saturated rings. The minimum atomic E-state index is -0.290. The number of aliphatic hydroxyl groups is 1. The molecule has 0 saturated heterocycles. The summed E-state index contributed by atoms with van der Waals surface area (Å²) in [6, 6.07) is 7.51. The van der Waals surface area contributed by atoms with Crippen molar-refractivity contribution in [2.24, 2.45) is 5.41 Å². The maximum atomic E-state index is 9.23. The van der Waals surface area contributed by atoms with Crippen molar-refractivity contribution in [3.05, 3.63) is 36.9 Å². The smallest absolute Gasteiger partial charge is 0.161 e. The first kappa shape index (κ1) is 13.6. The Kier molecular flexibility index (Phi) is 5.04. The highest BCUT2D eigenvalue weighted by molar-refractivity contribution is 5.39. The second-order valence-corrected chi connectivity index (χ2v) is 4.27. The van der Waals surface area contributed by atoms with Crippen molar-refractivity contribution in [1.29, 1.82) is 0 Å². The van der Waals surface area contributed by atoms with E-state index in [-0.39, 0.29) is 12.0 Å². The molecule has 0 amide bonds. The molecule has 0 saturated carbocycles. The minimum absolute atomic E-state index is 0.0752. The van der Waals surface area contributed by atoms with Crippen molar-refractivity contribution in [1.82, 2.24) is 0 Å². The molecule has 94 valence electrons. The zero-order valence-electron chi connectivity index (χ0n) is 10.5. The Labute approximate surface area is 103 Å². The summed E-state index contributed by atoms with van der Waals surface area (Å²) in [5, 5.41) is 9.23. The third-order valence-corrected chi connectivity index (χ3v) is 2.85. The van der Waals surface area contributed by atoms with E-state index in [0.29, 0.717) is 13.0 Å². The summed E-state index contributed by atoms with van der Waals surface area (Å²) in [6.07, 6.45) is 2.48. The van der Waals surface area contributed by atoms with Gasteiger partial charge in [0, 0.05) is 5.41 Å². The van der Waals surface area contributed by atoms with Gasteiger partial charge in [0.25, 0.3) is 0 Å². The fourth-order valence-electron chi connectivity index (χ4n) is 1.38. The van der Waals surface area contributed by atoms with Crippen LogP contribution < -0.4 is 9.47 Å². The first-order chi connectivity index (χ1) is 8.15. The number of aliphatic hydroxyl groups excluding tert-OH is 1. The fraction of sp³-hybridized carbons (Fsp3) is 0.429. The van der Waals surface area contributed by atoms with Crippen molar-refractivity contribution >= 4 is 0 Å². The highest BCUT2D eigenvalue weighted by atomic mass is 16.5. The molecule has 1 aromatic carbocycles. The molecule has 0 bridgehead atoms. The second-order valence-electron chi connectivity index (χ2n) is 4.27. The SMILES string of the molecule is C=CC(C)(CO)CCOc1ccccc1OC. The zero-order valence-corrected chi connectivity index (χ0v) is 10.5. The number of hydrogen-bond donors (Lipinski definition) is 1. The number of para-hydroxylation sites is 2. The fourth-order valence-corrected chi connectivity index (χ4v) is 1.38. The molecule has 3 heteroatoms. The molecule has 3 nitrogen and oxygen atoms in total. The summed E-state index contributed by atoms with van der Waals surface area (Å²) >= 11 is 0. The van der Waals surface area contributed by atoms with E-state index in [1.165, 1.54) is 0 Å². The van der Waals surface area contributed by atoms with Gasteiger partial charge in [-0.3, -0.25) is 0 Å². The first-order valence-corrected chi connectivity index (χ1v) is 5.65. The predicted molar refractivity (Wildman–Crippen MR) is 68.5 cm³/mol. The highest BCUT2D eigenvalue weighted by Gasteiger charge is 2.19. The topological polar surface area (TPSA) is 38.7 Å². The molecule has 0 aromatic heterocycles. The number of hydrogen-bond acceptors (Lipinski definition) is 3. The van der Waals surface area contributed by atoms with E-state index in [9.17, 15) is 5.11 Å². The largest absolute Gasteiger partial charge is 0.493 e. The average molecular weight is 236 g/mol. The van der Waals surface area contributed by atoms with E-state index in [1.54, 1.807) is 13.2 Å². The van der Waals surface area contributed by atoms with Crippen LogP contribution in [0, 0.1) is 5.41 Å². The van der Waals surface area contributed by atoms with Gasteiger partial charge in [0.1, 0.15) is 0 Å². The van der Waals surface area contributed by atoms with Gasteiger partial charge in [0.15, 0.2) is 11.5 Å². The van der Waals surface area contributed by atoms with Gasteiger partial charge in [0.05, 0.1) is 20.3 Å². The first-order valence-electron chi connectivity index (χ1n) is 5.65. The molecule has 1 aromatic rings. The van der Waals surface area contributed by atoms with Crippen molar-refractivity contribution in [3.8, 4) is 11.5 Å². The molecule has 0 radical (unpaired) electrons. The van der Waals surface area contributed by atoms with E-state index in [4.69, 9.17) is 9.47 Å². The summed E-state index contributed by atoms with van der Waals surface area (Å²) in [6.45, 7) is 6.27. The molecule has 0 aliphatic heterocycles. The lowest BCUT2D eigenvalue weighted by Crippen LogP contribution is -2.21. The summed E-state index contributed by atoms with van der Waals surface area (Å²) in [5.41, 5.74) is -0.290. The molecule has 1 rings (SSSR count). The van der Waals surface area contributed by atoms with Gasteiger partial charge in [-0.1, -0.05) is 25.1 Å². The maximum Gasteiger partial charge on any atom is 0.161 e. The van der Waals surface area contributed by atoms with Gasteiger partial charge in [-0.15, -0.1) is 6.58 Å². The summed E-state index contributed by atoms with van der Waals surface area (Å²) in [7, 11) is 1.61. The molecular formula is C14H20O3. The maximum absolute atomic E-state index is 9.23. The van der Waals surface area contributed by atoms with Crippen LogP contribution in [0.15, 0.2) is 36.9 Å². The Morgan fingerprint density at radius 1 is 1.35 bits per heavy atom. The van der Waals surface area contributed by atoms with E-state index < -0.39 is 0 Å². The Morgan fingerprint density at radius 2 is 2.00 bits per heavy atom. The molecule has 17 heavy (non-hydrogen) atoms. The average Bonchev–Trinajstić information content (AvgIpc) is 2.39. The van der Waals surface area contributed by atoms with Crippen molar-refractivity contribution in [3.63, 3.8) is 0 Å². The number of rotatable bonds is 7. The Morgan fingerprint density at radius 3 is 2.53 bits per heavy atom. The summed E-state index contributed by atoms with van der Waals surface area (Å²) < 4.78 is 10.8. The Bertz CT molecular complexity index is 362. The Hall–Kier alpha value is -1.48. The van der Waals surface area contributed by atoms with Crippen LogP contribution in [0.3, 0.4) is 0 Å². The van der Waals surface area contributed by atoms with Gasteiger partial charge in [-0.25, -0.2) is 0 Å². The van der Waals surface area contributed by atoms with E-state index in [0.717, 1.165) is 11.5 Å². The predicted octanol–water partition coefficient (Wildman–Crippen LogP) is 2.65. The number of benzene rings is 1. The molecular weight excluding hydrogens is 216 g/mol. The van der Waals surface area contributed by atoms with E-state index >= 15 is 0 Å². The van der Waals surface area contributed by atoms with Gasteiger partial charge in [-0.2, -0.15) is 0 Å². The standard InChI is InChI=1S/C14H20O3/c1-4-14(2,11-15)9-10-17-13-8-6-5-7-12(13)16-3/h4-8,15H,1,9-11H2,2-3H3. The molecule has 0 heterocycles. The monoisotopic (exact) mass is 236 g/mol. The lowest BCUT2D eigenvalue weighted by molar-refractivity contribution is 0.150. The van der Waals surface area contributed by atoms with Crippen LogP contribution in [0.1, 0.15) is 13.3 Å². The van der Waals surface area contributed by atoms with Gasteiger partial charge in [0.2, 0.25) is 0 Å². The molecule has 0 aliphatic carbocycles. The van der Waals surface area contributed by atoms with Gasteiger partial charge < -0.3 is 14.6 Å². The molecule has 0 spiro atoms. The molecule has 1 unspecified atom stereocenters. The second kappa shape index (κ2) is 6.30. The molecule has 0 aliphatic rings. The van der Waals surface area contributed by atoms with Crippen LogP contribution in [0.4, 0.5) is 0 Å². The third kappa shape index (κ3) is 3.79. The summed E-state index contributed by atoms with van der Waals surface area (Å²) in [5.74, 6) is 1.44. The summed E-state index contributed by atoms with van der Waals surface area (Å²) in [4.78, 5) is 0. The zero-order chi connectivity index (χ0) is 12.7. The Balaban J connectivity index is 2.53. The normalized spacial score (nSPS) is 13.8. The lowest BCUT2D eigenvalue weighted by atomic mass is 9.88. The van der Waals surface area contributed by atoms with Crippen LogP contribution in [0.2, 0.25) is 0 Å². The number of methoxy groups -OCH3 is 1. The lowest BCUT2D eigenvalue weighted by Gasteiger charge is -2.22. The quantitative estimate of drug-likeness (QED) is 0.740. The van der Waals surface area contributed by atoms with Gasteiger partial charge in [-0.05, 0) is 18.6 Å². The minimum Gasteiger partial charge on any atom is -0.493 e. The van der Waals surface area contributed by atoms with E-state index in [1.807, 2.05) is 31.2 Å². The third-order valence-electron chi connectivity index (χ3n) is 2.85. The number of ether oxygens (including phenoxy) is 2. The molecule has 1 N–H and O–H groups in total. The van der Waals surface area contributed by atoms with Crippen LogP contribution in [-0.2, 0) is 0 Å². The van der Waals surface area contributed by atoms with Crippen LogP contribution >= 0.6 is 0 Å². The molecule has 1 atom stereocenters. The van der Waals surface area contributed by atoms with Crippen LogP contribution in [0.25, 0.3) is 0 Å². The van der Waals surface area contributed by atoms with Crippen LogP contribution in [-0.4, -0.2) is 25.4 Å². The van der Waals surface area contributed by atoms with E-state index in [2.05, 4.69) is 6.58 Å². The van der Waals surface area contributed by atoms with Crippen molar-refractivity contribution in [2.45, 2.75) is 13.3 Å². The highest BCUT2D eigenvalue weighted by Crippen LogP contribution is 2.27. The van der Waals surface area contributed by atoms with Crippen molar-refractivity contribution in [2.75, 3.05) is 20.3 Å². The van der Waals surface area contributed by atoms with Crippen molar-refractivity contribution < 1.29 is 14.6 Å². The van der Waals surface area contributed by atoms with Crippen LogP contribution in [0.5, 0.6) is 11.5 Å². The van der Waals surface area contributed by atoms with Gasteiger partial charge >= 0.3 is 0 Å².